The minimum absolute atomic E-state index is 0.0139. The second-order valence-corrected chi connectivity index (χ2v) is 6.87. The van der Waals surface area contributed by atoms with E-state index in [1.54, 1.807) is 43.5 Å². The molecule has 0 radical (unpaired) electrons. The molecular weight excluding hydrogens is 385 g/mol. The first-order valence-corrected chi connectivity index (χ1v) is 9.72. The summed E-state index contributed by atoms with van der Waals surface area (Å²) in [6.07, 6.45) is 1.54. The van der Waals surface area contributed by atoms with Crippen molar-refractivity contribution in [2.24, 2.45) is 0 Å². The Morgan fingerprint density at radius 1 is 1.23 bits per heavy atom. The second-order valence-electron chi connectivity index (χ2n) is 6.87. The van der Waals surface area contributed by atoms with Crippen molar-refractivity contribution in [3.63, 3.8) is 0 Å². The van der Waals surface area contributed by atoms with E-state index in [-0.39, 0.29) is 17.4 Å². The maximum Gasteiger partial charge on any atom is 0.262 e. The smallest absolute Gasteiger partial charge is 0.262 e. The van der Waals surface area contributed by atoms with Crippen molar-refractivity contribution in [1.82, 2.24) is 10.2 Å². The quantitative estimate of drug-likeness (QED) is 0.562. The van der Waals surface area contributed by atoms with Crippen LogP contribution in [0.4, 0.5) is 4.39 Å². The number of nitriles is 1. The number of hydrogen-bond donors (Lipinski definition) is 1. The minimum atomic E-state index is -0.450. The molecule has 1 saturated heterocycles. The molecule has 1 amide bonds. The molecule has 1 N–H and O–H groups in total. The van der Waals surface area contributed by atoms with Crippen LogP contribution >= 0.6 is 0 Å². The summed E-state index contributed by atoms with van der Waals surface area (Å²) in [5.41, 5.74) is 1.64. The molecule has 0 unspecified atom stereocenters. The molecule has 7 heteroatoms. The zero-order valence-corrected chi connectivity index (χ0v) is 16.8. The Hall–Kier alpha value is -3.21. The zero-order chi connectivity index (χ0) is 21.3. The molecule has 1 aliphatic rings. The van der Waals surface area contributed by atoms with Gasteiger partial charge in [-0.3, -0.25) is 9.69 Å². The number of rotatable bonds is 7. The number of methoxy groups -OCH3 is 1. The Kier molecular flexibility index (Phi) is 7.55. The molecule has 1 fully saturated rings. The fraction of sp³-hybridized carbons (Fsp3) is 0.304. The molecule has 0 bridgehead atoms. The molecule has 0 aliphatic carbocycles. The van der Waals surface area contributed by atoms with Crippen LogP contribution in [0.25, 0.3) is 6.08 Å². The van der Waals surface area contributed by atoms with Crippen LogP contribution in [0.5, 0.6) is 5.75 Å². The fourth-order valence-corrected chi connectivity index (χ4v) is 3.33. The average molecular weight is 409 g/mol. The highest BCUT2D eigenvalue weighted by molar-refractivity contribution is 6.01. The number of carbonyl (C=O) groups is 1. The number of amides is 1. The number of benzene rings is 2. The maximum atomic E-state index is 13.4. The summed E-state index contributed by atoms with van der Waals surface area (Å²) >= 11 is 0. The van der Waals surface area contributed by atoms with Gasteiger partial charge in [0.2, 0.25) is 0 Å². The molecule has 156 valence electrons. The monoisotopic (exact) mass is 409 g/mol. The van der Waals surface area contributed by atoms with Crippen molar-refractivity contribution in [1.29, 1.82) is 5.26 Å². The Bertz CT molecular complexity index is 914. The lowest BCUT2D eigenvalue weighted by molar-refractivity contribution is -0.117. The van der Waals surface area contributed by atoms with Gasteiger partial charge in [0, 0.05) is 19.6 Å². The van der Waals surface area contributed by atoms with Crippen LogP contribution in [0.1, 0.15) is 17.2 Å². The highest BCUT2D eigenvalue weighted by Gasteiger charge is 2.24. The van der Waals surface area contributed by atoms with E-state index in [9.17, 15) is 14.4 Å². The van der Waals surface area contributed by atoms with Crippen molar-refractivity contribution in [2.45, 2.75) is 6.04 Å². The first-order valence-electron chi connectivity index (χ1n) is 9.72. The van der Waals surface area contributed by atoms with Crippen molar-refractivity contribution < 1.29 is 18.7 Å². The SMILES string of the molecule is COc1ccc(/C=C(\C#N)C(=O)NC[C@H](c2ccc(F)cc2)N2CCOCC2)cc1. The predicted octanol–water partition coefficient (Wildman–Crippen LogP) is 2.93. The number of halogens is 1. The summed E-state index contributed by atoms with van der Waals surface area (Å²) in [5, 5.41) is 12.3. The largest absolute Gasteiger partial charge is 0.497 e. The van der Waals surface area contributed by atoms with Gasteiger partial charge in [0.1, 0.15) is 23.2 Å². The molecule has 3 rings (SSSR count). The van der Waals surface area contributed by atoms with Crippen molar-refractivity contribution in [3.05, 3.63) is 71.0 Å². The van der Waals surface area contributed by atoms with Crippen molar-refractivity contribution in [3.8, 4) is 11.8 Å². The summed E-state index contributed by atoms with van der Waals surface area (Å²) in [7, 11) is 1.57. The minimum Gasteiger partial charge on any atom is -0.497 e. The average Bonchev–Trinajstić information content (AvgIpc) is 2.79. The number of carbonyl (C=O) groups excluding carboxylic acids is 1. The lowest BCUT2D eigenvalue weighted by Gasteiger charge is -2.34. The van der Waals surface area contributed by atoms with Crippen molar-refractivity contribution >= 4 is 12.0 Å². The Morgan fingerprint density at radius 3 is 2.50 bits per heavy atom. The fourth-order valence-electron chi connectivity index (χ4n) is 3.33. The van der Waals surface area contributed by atoms with E-state index in [0.717, 1.165) is 11.1 Å². The number of morpholine rings is 1. The summed E-state index contributed by atoms with van der Waals surface area (Å²) < 4.78 is 23.9. The third kappa shape index (κ3) is 5.66. The zero-order valence-electron chi connectivity index (χ0n) is 16.8. The molecular formula is C23H24FN3O3. The van der Waals surface area contributed by atoms with E-state index in [1.165, 1.54) is 18.2 Å². The van der Waals surface area contributed by atoms with Crippen LogP contribution in [0, 0.1) is 17.1 Å². The molecule has 1 heterocycles. The summed E-state index contributed by atoms with van der Waals surface area (Å²) in [6.45, 7) is 2.93. The van der Waals surface area contributed by atoms with Gasteiger partial charge < -0.3 is 14.8 Å². The summed E-state index contributed by atoms with van der Waals surface area (Å²) in [6, 6.07) is 15.2. The van der Waals surface area contributed by atoms with Gasteiger partial charge in [0.15, 0.2) is 0 Å². The molecule has 0 aromatic heterocycles. The number of nitrogens with zero attached hydrogens (tertiary/aromatic N) is 2. The van der Waals surface area contributed by atoms with Crippen LogP contribution in [0.3, 0.4) is 0 Å². The van der Waals surface area contributed by atoms with E-state index >= 15 is 0 Å². The first kappa shape index (κ1) is 21.5. The lowest BCUT2D eigenvalue weighted by atomic mass is 10.0. The van der Waals surface area contributed by atoms with Gasteiger partial charge in [-0.05, 0) is 41.5 Å². The van der Waals surface area contributed by atoms with E-state index in [0.29, 0.717) is 38.6 Å². The molecule has 1 atom stereocenters. The van der Waals surface area contributed by atoms with Gasteiger partial charge in [-0.1, -0.05) is 24.3 Å². The lowest BCUT2D eigenvalue weighted by Crippen LogP contribution is -2.44. The molecule has 30 heavy (non-hydrogen) atoms. The standard InChI is InChI=1S/C23H24FN3O3/c1-29-21-8-2-17(3-9-21)14-19(15-25)23(28)26-16-22(27-10-12-30-13-11-27)18-4-6-20(24)7-5-18/h2-9,14,22H,10-13,16H2,1H3,(H,26,28)/b19-14+/t22-/m1/s1. The molecule has 0 spiro atoms. The van der Waals surface area contributed by atoms with Crippen LogP contribution in [-0.2, 0) is 9.53 Å². The normalized spacial score (nSPS) is 15.8. The van der Waals surface area contributed by atoms with E-state index in [4.69, 9.17) is 9.47 Å². The van der Waals surface area contributed by atoms with Gasteiger partial charge in [-0.15, -0.1) is 0 Å². The Labute approximate surface area is 175 Å². The highest BCUT2D eigenvalue weighted by Crippen LogP contribution is 2.22. The van der Waals surface area contributed by atoms with E-state index in [2.05, 4.69) is 10.2 Å². The molecule has 2 aromatic carbocycles. The third-order valence-corrected chi connectivity index (χ3v) is 4.99. The number of hydrogen-bond acceptors (Lipinski definition) is 5. The van der Waals surface area contributed by atoms with Crippen molar-refractivity contribution in [2.75, 3.05) is 40.0 Å². The van der Waals surface area contributed by atoms with Gasteiger partial charge in [-0.2, -0.15) is 5.26 Å². The molecule has 1 aliphatic heterocycles. The van der Waals surface area contributed by atoms with Gasteiger partial charge >= 0.3 is 0 Å². The number of ether oxygens (including phenoxy) is 2. The third-order valence-electron chi connectivity index (χ3n) is 4.99. The Morgan fingerprint density at radius 2 is 1.90 bits per heavy atom. The molecule has 6 nitrogen and oxygen atoms in total. The number of nitrogens with one attached hydrogen (secondary N) is 1. The van der Waals surface area contributed by atoms with Crippen LogP contribution in [0.2, 0.25) is 0 Å². The second kappa shape index (κ2) is 10.5. The summed E-state index contributed by atoms with van der Waals surface area (Å²) in [4.78, 5) is 14.8. The molecule has 0 saturated carbocycles. The molecule has 2 aromatic rings. The van der Waals surface area contributed by atoms with Gasteiger partial charge in [-0.25, -0.2) is 4.39 Å². The maximum absolute atomic E-state index is 13.4. The van der Waals surface area contributed by atoms with Gasteiger partial charge in [0.25, 0.3) is 5.91 Å². The topological polar surface area (TPSA) is 74.6 Å². The van der Waals surface area contributed by atoms with E-state index < -0.39 is 5.91 Å². The highest BCUT2D eigenvalue weighted by atomic mass is 19.1. The van der Waals surface area contributed by atoms with Crippen LogP contribution in [-0.4, -0.2) is 50.8 Å². The summed E-state index contributed by atoms with van der Waals surface area (Å²) in [5.74, 6) is -0.0610. The van der Waals surface area contributed by atoms with E-state index in [1.807, 2.05) is 6.07 Å². The van der Waals surface area contributed by atoms with Crippen LogP contribution < -0.4 is 10.1 Å². The first-order chi connectivity index (χ1) is 14.6. The predicted molar refractivity (Wildman–Crippen MR) is 111 cm³/mol. The van der Waals surface area contributed by atoms with Gasteiger partial charge in [0.05, 0.1) is 26.4 Å². The van der Waals surface area contributed by atoms with Crippen LogP contribution in [0.15, 0.2) is 54.1 Å². The Balaban J connectivity index is 1.72.